The van der Waals surface area contributed by atoms with Gasteiger partial charge in [0.1, 0.15) is 5.75 Å². The molecule has 70 valence electrons. The lowest BCUT2D eigenvalue weighted by atomic mass is 10.0. The minimum absolute atomic E-state index is 0.243. The lowest BCUT2D eigenvalue weighted by Gasteiger charge is -2.06. The Hall–Kier alpha value is -0.800. The van der Waals surface area contributed by atoms with Gasteiger partial charge in [0.05, 0.1) is 0 Å². The Morgan fingerprint density at radius 3 is 2.77 bits per heavy atom. The Morgan fingerprint density at radius 1 is 1.54 bits per heavy atom. The molecule has 0 aromatic heterocycles. The molecule has 13 heavy (non-hydrogen) atoms. The van der Waals surface area contributed by atoms with E-state index < -0.39 is 0 Å². The summed E-state index contributed by atoms with van der Waals surface area (Å²) >= 11 is 3.27. The summed E-state index contributed by atoms with van der Waals surface area (Å²) in [4.78, 5) is 0. The van der Waals surface area contributed by atoms with Crippen molar-refractivity contribution in [3.63, 3.8) is 0 Å². The largest absolute Gasteiger partial charge is 0.507 e. The van der Waals surface area contributed by atoms with Gasteiger partial charge in [-0.25, -0.2) is 0 Å². The highest BCUT2D eigenvalue weighted by Gasteiger charge is 2.04. The number of phenolic OH excluding ortho intramolecular Hbond substituents is 1. The van der Waals surface area contributed by atoms with Crippen LogP contribution in [0.5, 0.6) is 5.75 Å². The summed E-state index contributed by atoms with van der Waals surface area (Å²) in [5.74, 6) is 0.243. The minimum Gasteiger partial charge on any atom is -0.507 e. The van der Waals surface area contributed by atoms with Gasteiger partial charge >= 0.3 is 0 Å². The van der Waals surface area contributed by atoms with Crippen LogP contribution in [0.4, 0.5) is 0 Å². The van der Waals surface area contributed by atoms with E-state index in [1.165, 1.54) is 0 Å². The summed E-state index contributed by atoms with van der Waals surface area (Å²) in [6.45, 7) is 4.40. The molecule has 0 fully saturated rings. The van der Waals surface area contributed by atoms with Crippen molar-refractivity contribution in [2.24, 2.45) is 5.73 Å². The molecular weight excluding hydrogens is 230 g/mol. The van der Waals surface area contributed by atoms with Crippen molar-refractivity contribution in [3.05, 3.63) is 34.8 Å². The van der Waals surface area contributed by atoms with E-state index in [4.69, 9.17) is 5.73 Å². The molecule has 0 unspecified atom stereocenters. The number of benzene rings is 1. The van der Waals surface area contributed by atoms with Crippen molar-refractivity contribution in [2.45, 2.75) is 6.42 Å². The lowest BCUT2D eigenvalue weighted by Crippen LogP contribution is -1.99. The summed E-state index contributed by atoms with van der Waals surface area (Å²) in [5, 5.41) is 9.56. The number of phenols is 1. The molecular formula is C10H12BrNO. The SMILES string of the molecule is C=C(CCN)c1ccc(Br)cc1O. The van der Waals surface area contributed by atoms with E-state index in [1.807, 2.05) is 12.1 Å². The number of aromatic hydroxyl groups is 1. The van der Waals surface area contributed by atoms with Gasteiger partial charge in [-0.2, -0.15) is 0 Å². The third-order valence-corrected chi connectivity index (χ3v) is 2.28. The molecule has 1 aromatic rings. The van der Waals surface area contributed by atoms with Crippen LogP contribution >= 0.6 is 15.9 Å². The Morgan fingerprint density at radius 2 is 2.23 bits per heavy atom. The van der Waals surface area contributed by atoms with E-state index in [0.717, 1.165) is 15.6 Å². The second-order valence-corrected chi connectivity index (χ2v) is 3.72. The third kappa shape index (κ3) is 2.57. The molecule has 0 amide bonds. The quantitative estimate of drug-likeness (QED) is 0.855. The molecule has 0 bridgehead atoms. The fourth-order valence-corrected chi connectivity index (χ4v) is 1.46. The lowest BCUT2D eigenvalue weighted by molar-refractivity contribution is 0.473. The van der Waals surface area contributed by atoms with Gasteiger partial charge in [0.25, 0.3) is 0 Å². The molecule has 0 heterocycles. The molecule has 0 aliphatic carbocycles. The van der Waals surface area contributed by atoms with Crippen LogP contribution in [0.1, 0.15) is 12.0 Å². The second kappa shape index (κ2) is 4.44. The van der Waals surface area contributed by atoms with Gasteiger partial charge in [0.2, 0.25) is 0 Å². The van der Waals surface area contributed by atoms with Gasteiger partial charge in [-0.15, -0.1) is 0 Å². The van der Waals surface area contributed by atoms with Crippen molar-refractivity contribution in [1.29, 1.82) is 0 Å². The zero-order valence-corrected chi connectivity index (χ0v) is 8.84. The van der Waals surface area contributed by atoms with Gasteiger partial charge in [0, 0.05) is 10.0 Å². The normalized spacial score (nSPS) is 10.0. The summed E-state index contributed by atoms with van der Waals surface area (Å²) < 4.78 is 0.856. The zero-order valence-electron chi connectivity index (χ0n) is 7.26. The summed E-state index contributed by atoms with van der Waals surface area (Å²) in [6, 6.07) is 5.35. The van der Waals surface area contributed by atoms with Crippen molar-refractivity contribution < 1.29 is 5.11 Å². The topological polar surface area (TPSA) is 46.2 Å². The smallest absolute Gasteiger partial charge is 0.124 e. The molecule has 2 nitrogen and oxygen atoms in total. The van der Waals surface area contributed by atoms with Gasteiger partial charge < -0.3 is 10.8 Å². The number of nitrogens with two attached hydrogens (primary N) is 1. The van der Waals surface area contributed by atoms with Crippen LogP contribution in [0.3, 0.4) is 0 Å². The fourth-order valence-electron chi connectivity index (χ4n) is 1.11. The van der Waals surface area contributed by atoms with Crippen LogP contribution in [-0.4, -0.2) is 11.7 Å². The highest BCUT2D eigenvalue weighted by atomic mass is 79.9. The van der Waals surface area contributed by atoms with Crippen molar-refractivity contribution in [2.75, 3.05) is 6.54 Å². The summed E-state index contributed by atoms with van der Waals surface area (Å²) in [7, 11) is 0. The second-order valence-electron chi connectivity index (χ2n) is 2.80. The number of rotatable bonds is 3. The molecule has 0 aliphatic heterocycles. The van der Waals surface area contributed by atoms with E-state index >= 15 is 0 Å². The maximum atomic E-state index is 9.56. The van der Waals surface area contributed by atoms with Gasteiger partial charge in [0.15, 0.2) is 0 Å². The van der Waals surface area contributed by atoms with Gasteiger partial charge in [-0.3, -0.25) is 0 Å². The summed E-state index contributed by atoms with van der Waals surface area (Å²) in [5.41, 5.74) is 7.03. The molecule has 0 aliphatic rings. The van der Waals surface area contributed by atoms with Crippen LogP contribution in [0.2, 0.25) is 0 Å². The Balaban J connectivity index is 2.95. The zero-order chi connectivity index (χ0) is 9.84. The monoisotopic (exact) mass is 241 g/mol. The van der Waals surface area contributed by atoms with Crippen LogP contribution in [-0.2, 0) is 0 Å². The van der Waals surface area contributed by atoms with Crippen LogP contribution in [0.25, 0.3) is 5.57 Å². The Bertz CT molecular complexity index is 323. The Kier molecular flexibility index (Phi) is 3.51. The molecule has 0 spiro atoms. The van der Waals surface area contributed by atoms with E-state index in [0.29, 0.717) is 13.0 Å². The maximum Gasteiger partial charge on any atom is 0.124 e. The predicted octanol–water partition coefficient (Wildman–Crippen LogP) is 2.52. The van der Waals surface area contributed by atoms with Crippen LogP contribution in [0.15, 0.2) is 29.3 Å². The van der Waals surface area contributed by atoms with E-state index in [2.05, 4.69) is 22.5 Å². The third-order valence-electron chi connectivity index (χ3n) is 1.79. The molecule has 1 aromatic carbocycles. The first-order valence-corrected chi connectivity index (χ1v) is 4.81. The molecule has 0 saturated carbocycles. The molecule has 0 saturated heterocycles. The highest BCUT2D eigenvalue weighted by Crippen LogP contribution is 2.28. The van der Waals surface area contributed by atoms with E-state index in [1.54, 1.807) is 6.07 Å². The van der Waals surface area contributed by atoms with Crippen LogP contribution in [0, 0.1) is 0 Å². The number of halogens is 1. The van der Waals surface area contributed by atoms with Crippen LogP contribution < -0.4 is 5.73 Å². The number of hydrogen-bond donors (Lipinski definition) is 2. The van der Waals surface area contributed by atoms with Crippen molar-refractivity contribution in [1.82, 2.24) is 0 Å². The fraction of sp³-hybridized carbons (Fsp3) is 0.200. The Labute approximate surface area is 86.2 Å². The van der Waals surface area contributed by atoms with E-state index in [-0.39, 0.29) is 5.75 Å². The first-order valence-electron chi connectivity index (χ1n) is 4.02. The molecule has 0 radical (unpaired) electrons. The first-order chi connectivity index (χ1) is 6.15. The van der Waals surface area contributed by atoms with Crippen molar-refractivity contribution in [3.8, 4) is 5.75 Å². The first kappa shape index (κ1) is 10.3. The minimum atomic E-state index is 0.243. The molecule has 1 rings (SSSR count). The predicted molar refractivity (Wildman–Crippen MR) is 58.5 cm³/mol. The molecule has 3 N–H and O–H groups in total. The molecule has 3 heteroatoms. The van der Waals surface area contributed by atoms with E-state index in [9.17, 15) is 5.11 Å². The van der Waals surface area contributed by atoms with Gasteiger partial charge in [-0.05, 0) is 36.7 Å². The van der Waals surface area contributed by atoms with Gasteiger partial charge in [-0.1, -0.05) is 22.5 Å². The van der Waals surface area contributed by atoms with Crippen molar-refractivity contribution >= 4 is 21.5 Å². The maximum absolute atomic E-state index is 9.56. The molecule has 0 atom stereocenters. The average molecular weight is 242 g/mol. The number of hydrogen-bond acceptors (Lipinski definition) is 2. The highest BCUT2D eigenvalue weighted by molar-refractivity contribution is 9.10. The summed E-state index contributed by atoms with van der Waals surface area (Å²) in [6.07, 6.45) is 0.704. The standard InChI is InChI=1S/C10H12BrNO/c1-7(4-5-12)9-3-2-8(11)6-10(9)13/h2-3,6,13H,1,4-5,12H2. The average Bonchev–Trinajstić information content (AvgIpc) is 2.04.